The van der Waals surface area contributed by atoms with Crippen molar-refractivity contribution in [2.75, 3.05) is 36.2 Å². The van der Waals surface area contributed by atoms with Gasteiger partial charge in [-0.05, 0) is 48.9 Å². The van der Waals surface area contributed by atoms with Gasteiger partial charge in [0.25, 0.3) is 11.8 Å². The minimum Gasteiger partial charge on any atom is -0.384 e. The Bertz CT molecular complexity index is 1530. The fourth-order valence-electron chi connectivity index (χ4n) is 4.05. The fraction of sp³-hybridized carbons (Fsp3) is 0.250. The molecule has 0 aliphatic heterocycles. The zero-order valence-electron chi connectivity index (χ0n) is 21.8. The first kappa shape index (κ1) is 28.4. The van der Waals surface area contributed by atoms with Gasteiger partial charge in [-0.15, -0.1) is 0 Å². The Hall–Kier alpha value is -3.66. The van der Waals surface area contributed by atoms with E-state index in [0.717, 1.165) is 6.07 Å². The lowest BCUT2D eigenvalue weighted by molar-refractivity contribution is 0.101. The number of aromatic nitrogens is 2. The SMILES string of the molecule is COCC(C)(C)CNc1nc2c(C(=O)Nc3cccc(Cl)c3C)cc(NC(=O)c3c(F)cccc3Cl)cc2[nH]1. The van der Waals surface area contributed by atoms with Gasteiger partial charge in [-0.3, -0.25) is 9.59 Å². The molecule has 0 radical (unpaired) electrons. The van der Waals surface area contributed by atoms with Crippen LogP contribution in [0, 0.1) is 18.2 Å². The summed E-state index contributed by atoms with van der Waals surface area (Å²) in [7, 11) is 1.64. The molecule has 1 aromatic heterocycles. The van der Waals surface area contributed by atoms with Crippen molar-refractivity contribution in [3.63, 3.8) is 0 Å². The summed E-state index contributed by atoms with van der Waals surface area (Å²) in [4.78, 5) is 34.2. The number of imidazole rings is 1. The summed E-state index contributed by atoms with van der Waals surface area (Å²) in [5.74, 6) is -1.55. The van der Waals surface area contributed by atoms with E-state index in [9.17, 15) is 14.0 Å². The zero-order valence-corrected chi connectivity index (χ0v) is 23.4. The van der Waals surface area contributed by atoms with Crippen molar-refractivity contribution in [1.82, 2.24) is 9.97 Å². The first-order valence-corrected chi connectivity index (χ1v) is 12.8. The second-order valence-corrected chi connectivity index (χ2v) is 10.7. The molecule has 39 heavy (non-hydrogen) atoms. The summed E-state index contributed by atoms with van der Waals surface area (Å²) >= 11 is 12.3. The van der Waals surface area contributed by atoms with E-state index >= 15 is 0 Å². The van der Waals surface area contributed by atoms with Gasteiger partial charge in [-0.25, -0.2) is 9.37 Å². The lowest BCUT2D eigenvalue weighted by atomic mass is 9.95. The summed E-state index contributed by atoms with van der Waals surface area (Å²) in [6.07, 6.45) is 0. The van der Waals surface area contributed by atoms with Crippen molar-refractivity contribution in [2.24, 2.45) is 5.41 Å². The molecule has 2 amide bonds. The van der Waals surface area contributed by atoms with Crippen LogP contribution >= 0.6 is 23.2 Å². The quantitative estimate of drug-likeness (QED) is 0.174. The van der Waals surface area contributed by atoms with Crippen LogP contribution in [0.5, 0.6) is 0 Å². The number of carbonyl (C=O) groups excluding carboxylic acids is 2. The lowest BCUT2D eigenvalue weighted by Gasteiger charge is -2.23. The van der Waals surface area contributed by atoms with E-state index in [4.69, 9.17) is 27.9 Å². The molecule has 0 saturated heterocycles. The lowest BCUT2D eigenvalue weighted by Crippen LogP contribution is -2.28. The third kappa shape index (κ3) is 6.50. The summed E-state index contributed by atoms with van der Waals surface area (Å²) in [5.41, 5.74) is 2.03. The van der Waals surface area contributed by atoms with Gasteiger partial charge in [-0.2, -0.15) is 0 Å². The van der Waals surface area contributed by atoms with Crippen LogP contribution in [0.4, 0.5) is 21.7 Å². The highest BCUT2D eigenvalue weighted by Crippen LogP contribution is 2.29. The maximum absolute atomic E-state index is 14.4. The molecule has 0 spiro atoms. The first-order valence-electron chi connectivity index (χ1n) is 12.1. The van der Waals surface area contributed by atoms with Gasteiger partial charge in [0.05, 0.1) is 28.3 Å². The van der Waals surface area contributed by atoms with E-state index in [1.807, 2.05) is 13.8 Å². The van der Waals surface area contributed by atoms with E-state index in [1.165, 1.54) is 18.2 Å². The van der Waals surface area contributed by atoms with Crippen molar-refractivity contribution in [1.29, 1.82) is 0 Å². The number of rotatable bonds is 9. The highest BCUT2D eigenvalue weighted by atomic mass is 35.5. The molecular weight excluding hydrogens is 544 g/mol. The number of H-pyrrole nitrogens is 1. The number of ether oxygens (including phenoxy) is 1. The maximum atomic E-state index is 14.4. The third-order valence-electron chi connectivity index (χ3n) is 6.06. The van der Waals surface area contributed by atoms with Crippen LogP contribution in [-0.2, 0) is 4.74 Å². The van der Waals surface area contributed by atoms with Crippen molar-refractivity contribution >= 4 is 63.4 Å². The number of nitrogens with zero attached hydrogens (tertiary/aromatic N) is 1. The first-order chi connectivity index (χ1) is 18.5. The second kappa shape index (κ2) is 11.6. The molecule has 0 atom stereocenters. The van der Waals surface area contributed by atoms with Crippen LogP contribution in [0.3, 0.4) is 0 Å². The van der Waals surface area contributed by atoms with Crippen LogP contribution in [-0.4, -0.2) is 42.0 Å². The molecule has 4 aromatic rings. The molecule has 3 aromatic carbocycles. The minimum atomic E-state index is -0.762. The molecule has 4 N–H and O–H groups in total. The molecule has 0 fully saturated rings. The number of methoxy groups -OCH3 is 1. The number of aromatic amines is 1. The summed E-state index contributed by atoms with van der Waals surface area (Å²) in [6, 6.07) is 12.3. The average molecular weight is 572 g/mol. The molecule has 8 nitrogen and oxygen atoms in total. The predicted octanol–water partition coefficient (Wildman–Crippen LogP) is 6.91. The van der Waals surface area contributed by atoms with Crippen LogP contribution in [0.25, 0.3) is 11.0 Å². The van der Waals surface area contributed by atoms with Gasteiger partial charge in [0, 0.05) is 35.5 Å². The predicted molar refractivity (Wildman–Crippen MR) is 154 cm³/mol. The Morgan fingerprint density at radius 2 is 1.77 bits per heavy atom. The Morgan fingerprint density at radius 1 is 1.05 bits per heavy atom. The van der Waals surface area contributed by atoms with Crippen molar-refractivity contribution in [3.8, 4) is 0 Å². The van der Waals surface area contributed by atoms with Crippen molar-refractivity contribution in [3.05, 3.63) is 81.1 Å². The largest absolute Gasteiger partial charge is 0.384 e. The van der Waals surface area contributed by atoms with Gasteiger partial charge in [0.2, 0.25) is 5.95 Å². The normalized spacial score (nSPS) is 11.5. The number of fused-ring (bicyclic) bond motifs is 1. The van der Waals surface area contributed by atoms with Gasteiger partial charge >= 0.3 is 0 Å². The molecule has 1 heterocycles. The Labute approximate surface area is 235 Å². The van der Waals surface area contributed by atoms with E-state index < -0.39 is 17.6 Å². The summed E-state index contributed by atoms with van der Waals surface area (Å²) in [5, 5.41) is 9.22. The highest BCUT2D eigenvalue weighted by Gasteiger charge is 2.22. The number of hydrogen-bond donors (Lipinski definition) is 4. The number of amides is 2. The van der Waals surface area contributed by atoms with Crippen LogP contribution in [0.15, 0.2) is 48.5 Å². The monoisotopic (exact) mass is 571 g/mol. The standard InChI is InChI=1S/C28H28Cl2FN5O3/c1-15-18(29)7-6-10-21(15)34-25(37)17-11-16(33-26(38)23-19(30)8-5-9-20(23)31)12-22-24(17)36-27(35-22)32-13-28(2,3)14-39-4/h5-12H,13-14H2,1-4H3,(H,33,38)(H,34,37)(H2,32,35,36). The van der Waals surface area contributed by atoms with Gasteiger partial charge in [0.1, 0.15) is 11.3 Å². The molecule has 4 rings (SSSR count). The van der Waals surface area contributed by atoms with E-state index in [2.05, 4.69) is 25.9 Å². The molecule has 0 aliphatic rings. The number of hydrogen-bond acceptors (Lipinski definition) is 5. The molecular formula is C28H28Cl2FN5O3. The molecule has 11 heteroatoms. The fourth-order valence-corrected chi connectivity index (χ4v) is 4.48. The third-order valence-corrected chi connectivity index (χ3v) is 6.79. The van der Waals surface area contributed by atoms with Crippen LogP contribution in [0.2, 0.25) is 10.0 Å². The Kier molecular flexibility index (Phi) is 8.44. The molecule has 0 aliphatic carbocycles. The Balaban J connectivity index is 1.72. The second-order valence-electron chi connectivity index (χ2n) is 9.87. The minimum absolute atomic E-state index is 0.0327. The number of benzene rings is 3. The number of carbonyl (C=O) groups is 2. The van der Waals surface area contributed by atoms with E-state index in [-0.39, 0.29) is 27.3 Å². The molecule has 204 valence electrons. The molecule has 0 bridgehead atoms. The van der Waals surface area contributed by atoms with Crippen molar-refractivity contribution < 1.29 is 18.7 Å². The van der Waals surface area contributed by atoms with Gasteiger partial charge < -0.3 is 25.7 Å². The Morgan fingerprint density at radius 3 is 2.49 bits per heavy atom. The zero-order chi connectivity index (χ0) is 28.3. The highest BCUT2D eigenvalue weighted by molar-refractivity contribution is 6.34. The summed E-state index contributed by atoms with van der Waals surface area (Å²) < 4.78 is 19.6. The smallest absolute Gasteiger partial charge is 0.260 e. The van der Waals surface area contributed by atoms with E-state index in [1.54, 1.807) is 38.3 Å². The van der Waals surface area contributed by atoms with Crippen LogP contribution in [0.1, 0.15) is 40.1 Å². The van der Waals surface area contributed by atoms with Gasteiger partial charge in [-0.1, -0.05) is 49.2 Å². The molecule has 0 unspecified atom stereocenters. The molecule has 0 saturated carbocycles. The van der Waals surface area contributed by atoms with E-state index in [0.29, 0.717) is 46.4 Å². The topological polar surface area (TPSA) is 108 Å². The van der Waals surface area contributed by atoms with Crippen LogP contribution < -0.4 is 16.0 Å². The maximum Gasteiger partial charge on any atom is 0.260 e. The number of halogens is 3. The van der Waals surface area contributed by atoms with Crippen molar-refractivity contribution in [2.45, 2.75) is 20.8 Å². The average Bonchev–Trinajstić information content (AvgIpc) is 3.28. The van der Waals surface area contributed by atoms with Gasteiger partial charge in [0.15, 0.2) is 0 Å². The summed E-state index contributed by atoms with van der Waals surface area (Å²) in [6.45, 7) is 6.95. The number of nitrogens with one attached hydrogen (secondary N) is 4. The number of anilines is 3.